The molecular weight excluding hydrogens is 205 g/mol. The summed E-state index contributed by atoms with van der Waals surface area (Å²) in [4.78, 5) is 13.7. The predicted octanol–water partition coefficient (Wildman–Crippen LogP) is 3.08. The number of benzene rings is 1. The minimum absolute atomic E-state index is 0.0274. The number of nitrogens with one attached hydrogen (secondary N) is 1. The molecule has 0 unspecified atom stereocenters. The minimum atomic E-state index is -0.488. The van der Waals surface area contributed by atoms with E-state index >= 15 is 0 Å². The van der Waals surface area contributed by atoms with E-state index < -0.39 is 5.82 Å². The number of halogens is 2. The molecule has 2 rings (SSSR count). The lowest BCUT2D eigenvalue weighted by Crippen LogP contribution is -1.81. The van der Waals surface area contributed by atoms with Crippen LogP contribution in [-0.4, -0.2) is 11.3 Å². The lowest BCUT2D eigenvalue weighted by atomic mass is 10.1. The van der Waals surface area contributed by atoms with Crippen molar-refractivity contribution in [1.29, 1.82) is 0 Å². The largest absolute Gasteiger partial charge is 0.358 e. The molecule has 4 heteroatoms. The maximum absolute atomic E-state index is 13.1. The van der Waals surface area contributed by atoms with E-state index in [-0.39, 0.29) is 5.02 Å². The molecule has 1 aromatic carbocycles. The molecule has 2 nitrogen and oxygen atoms in total. The van der Waals surface area contributed by atoms with Gasteiger partial charge in [-0.3, -0.25) is 4.79 Å². The molecule has 1 heterocycles. The number of aromatic amines is 1. The van der Waals surface area contributed by atoms with Crippen molar-refractivity contribution in [1.82, 2.24) is 4.98 Å². The SMILES string of the molecule is Cc1[nH]c2cc(F)c(Cl)cc2c1C=O. The van der Waals surface area contributed by atoms with Crippen molar-refractivity contribution in [3.63, 3.8) is 0 Å². The Balaban J connectivity index is 2.89. The lowest BCUT2D eigenvalue weighted by molar-refractivity contribution is 0.112. The molecule has 0 aliphatic carbocycles. The molecule has 0 saturated carbocycles. The van der Waals surface area contributed by atoms with Gasteiger partial charge < -0.3 is 4.98 Å². The van der Waals surface area contributed by atoms with Gasteiger partial charge in [0.2, 0.25) is 0 Å². The van der Waals surface area contributed by atoms with Gasteiger partial charge in [0.15, 0.2) is 6.29 Å². The smallest absolute Gasteiger partial charge is 0.152 e. The van der Waals surface area contributed by atoms with Crippen LogP contribution in [0, 0.1) is 12.7 Å². The zero-order chi connectivity index (χ0) is 10.3. The van der Waals surface area contributed by atoms with Gasteiger partial charge in [0.1, 0.15) is 5.82 Å². The van der Waals surface area contributed by atoms with Crippen LogP contribution in [0.15, 0.2) is 12.1 Å². The van der Waals surface area contributed by atoms with E-state index in [0.717, 1.165) is 12.0 Å². The van der Waals surface area contributed by atoms with Crippen molar-refractivity contribution < 1.29 is 9.18 Å². The van der Waals surface area contributed by atoms with Gasteiger partial charge in [-0.2, -0.15) is 0 Å². The predicted molar refractivity (Wildman–Crippen MR) is 53.4 cm³/mol. The van der Waals surface area contributed by atoms with E-state index in [1.165, 1.54) is 12.1 Å². The Labute approximate surface area is 84.7 Å². The van der Waals surface area contributed by atoms with Crippen LogP contribution in [-0.2, 0) is 0 Å². The number of rotatable bonds is 1. The number of fused-ring (bicyclic) bond motifs is 1. The summed E-state index contributed by atoms with van der Waals surface area (Å²) >= 11 is 5.62. The first-order valence-corrected chi connectivity index (χ1v) is 4.44. The third-order valence-corrected chi connectivity index (χ3v) is 2.48. The Morgan fingerprint density at radius 3 is 2.86 bits per heavy atom. The van der Waals surface area contributed by atoms with Crippen LogP contribution in [0.3, 0.4) is 0 Å². The minimum Gasteiger partial charge on any atom is -0.358 e. The third kappa shape index (κ3) is 1.21. The number of aromatic nitrogens is 1. The first-order valence-electron chi connectivity index (χ1n) is 4.06. The van der Waals surface area contributed by atoms with Gasteiger partial charge in [0, 0.05) is 22.2 Å². The van der Waals surface area contributed by atoms with Gasteiger partial charge in [-0.15, -0.1) is 0 Å². The quantitative estimate of drug-likeness (QED) is 0.723. The van der Waals surface area contributed by atoms with Crippen molar-refractivity contribution in [2.45, 2.75) is 6.92 Å². The van der Waals surface area contributed by atoms with Gasteiger partial charge in [0.05, 0.1) is 5.02 Å². The van der Waals surface area contributed by atoms with E-state index in [1.807, 2.05) is 0 Å². The molecule has 0 aliphatic rings. The molecule has 1 aromatic heterocycles. The average Bonchev–Trinajstić information content (AvgIpc) is 2.42. The fourth-order valence-corrected chi connectivity index (χ4v) is 1.66. The van der Waals surface area contributed by atoms with Gasteiger partial charge in [0.25, 0.3) is 0 Å². The highest BCUT2D eigenvalue weighted by Gasteiger charge is 2.10. The third-order valence-electron chi connectivity index (χ3n) is 2.19. The van der Waals surface area contributed by atoms with Crippen LogP contribution >= 0.6 is 11.6 Å². The molecule has 0 saturated heterocycles. The zero-order valence-corrected chi connectivity index (χ0v) is 8.15. The number of carbonyl (C=O) groups is 1. The summed E-state index contributed by atoms with van der Waals surface area (Å²) < 4.78 is 13.1. The number of hydrogen-bond acceptors (Lipinski definition) is 1. The van der Waals surface area contributed by atoms with E-state index in [0.29, 0.717) is 16.5 Å². The first-order chi connectivity index (χ1) is 6.63. The Morgan fingerprint density at radius 2 is 2.21 bits per heavy atom. The van der Waals surface area contributed by atoms with Crippen LogP contribution < -0.4 is 0 Å². The molecule has 72 valence electrons. The summed E-state index contributed by atoms with van der Waals surface area (Å²) in [5.74, 6) is -0.488. The van der Waals surface area contributed by atoms with Crippen LogP contribution in [0.1, 0.15) is 16.1 Å². The summed E-state index contributed by atoms with van der Waals surface area (Å²) in [5.41, 5.74) is 1.84. The molecule has 0 aliphatic heterocycles. The van der Waals surface area contributed by atoms with Crippen LogP contribution in [0.25, 0.3) is 10.9 Å². The second-order valence-corrected chi connectivity index (χ2v) is 3.50. The number of carbonyl (C=O) groups excluding carboxylic acids is 1. The van der Waals surface area contributed by atoms with Gasteiger partial charge in [-0.05, 0) is 19.1 Å². The van der Waals surface area contributed by atoms with Crippen LogP contribution in [0.2, 0.25) is 5.02 Å². The van der Waals surface area contributed by atoms with Crippen LogP contribution in [0.5, 0.6) is 0 Å². The van der Waals surface area contributed by atoms with Crippen molar-refractivity contribution in [3.05, 3.63) is 34.2 Å². The molecule has 0 atom stereocenters. The van der Waals surface area contributed by atoms with E-state index in [9.17, 15) is 9.18 Å². The van der Waals surface area contributed by atoms with Crippen molar-refractivity contribution in [2.75, 3.05) is 0 Å². The fraction of sp³-hybridized carbons (Fsp3) is 0.100. The van der Waals surface area contributed by atoms with E-state index in [4.69, 9.17) is 11.6 Å². The molecule has 0 radical (unpaired) electrons. The van der Waals surface area contributed by atoms with Crippen molar-refractivity contribution >= 4 is 28.8 Å². The number of hydrogen-bond donors (Lipinski definition) is 1. The van der Waals surface area contributed by atoms with Gasteiger partial charge in [-0.1, -0.05) is 11.6 Å². The summed E-state index contributed by atoms with van der Waals surface area (Å²) in [6, 6.07) is 2.75. The molecular formula is C10H7ClFNO. The average molecular weight is 212 g/mol. The summed E-state index contributed by atoms with van der Waals surface area (Å²) in [5, 5.41) is 0.684. The summed E-state index contributed by atoms with van der Waals surface area (Å²) in [6.45, 7) is 1.76. The van der Waals surface area contributed by atoms with E-state index in [2.05, 4.69) is 4.98 Å². The first kappa shape index (κ1) is 9.21. The normalized spacial score (nSPS) is 10.8. The molecule has 2 aromatic rings. The second-order valence-electron chi connectivity index (χ2n) is 3.09. The highest BCUT2D eigenvalue weighted by atomic mass is 35.5. The number of H-pyrrole nitrogens is 1. The van der Waals surface area contributed by atoms with Crippen molar-refractivity contribution in [3.8, 4) is 0 Å². The Bertz CT molecular complexity index is 518. The molecule has 0 amide bonds. The van der Waals surface area contributed by atoms with Crippen LogP contribution in [0.4, 0.5) is 4.39 Å². The number of aryl methyl sites for hydroxylation is 1. The molecule has 0 bridgehead atoms. The Hall–Kier alpha value is -1.35. The Morgan fingerprint density at radius 1 is 1.50 bits per heavy atom. The standard InChI is InChI=1S/C10H7ClFNO/c1-5-7(4-14)6-2-8(11)9(12)3-10(6)13-5/h2-4,13H,1H3. The number of aldehydes is 1. The summed E-state index contributed by atoms with van der Waals surface area (Å²) in [6.07, 6.45) is 0.738. The van der Waals surface area contributed by atoms with Gasteiger partial charge >= 0.3 is 0 Å². The van der Waals surface area contributed by atoms with Crippen molar-refractivity contribution in [2.24, 2.45) is 0 Å². The maximum Gasteiger partial charge on any atom is 0.152 e. The fourth-order valence-electron chi connectivity index (χ4n) is 1.50. The zero-order valence-electron chi connectivity index (χ0n) is 7.40. The summed E-state index contributed by atoms with van der Waals surface area (Å²) in [7, 11) is 0. The molecule has 1 N–H and O–H groups in total. The monoisotopic (exact) mass is 211 g/mol. The van der Waals surface area contributed by atoms with Gasteiger partial charge in [-0.25, -0.2) is 4.39 Å². The topological polar surface area (TPSA) is 32.9 Å². The molecule has 14 heavy (non-hydrogen) atoms. The highest BCUT2D eigenvalue weighted by Crippen LogP contribution is 2.26. The second kappa shape index (κ2) is 3.10. The molecule has 0 spiro atoms. The lowest BCUT2D eigenvalue weighted by Gasteiger charge is -1.94. The van der Waals surface area contributed by atoms with E-state index in [1.54, 1.807) is 6.92 Å². The Kier molecular flexibility index (Phi) is 2.04. The maximum atomic E-state index is 13.1. The highest BCUT2D eigenvalue weighted by molar-refractivity contribution is 6.31. The molecule has 0 fully saturated rings.